The molecule has 0 amide bonds. The van der Waals surface area contributed by atoms with Crippen LogP contribution in [0.4, 0.5) is 0 Å². The van der Waals surface area contributed by atoms with Crippen molar-refractivity contribution >= 4 is 0 Å². The summed E-state index contributed by atoms with van der Waals surface area (Å²) in [6, 6.07) is 8.82. The van der Waals surface area contributed by atoms with Gasteiger partial charge in [-0.05, 0) is 26.0 Å². The summed E-state index contributed by atoms with van der Waals surface area (Å²) in [5.41, 5.74) is 5.40. The third kappa shape index (κ3) is 2.97. The highest BCUT2D eigenvalue weighted by Gasteiger charge is 2.21. The van der Waals surface area contributed by atoms with Crippen LogP contribution in [0.25, 0.3) is 0 Å². The van der Waals surface area contributed by atoms with Gasteiger partial charge in [-0.1, -0.05) is 12.1 Å². The molecule has 0 heterocycles. The van der Waals surface area contributed by atoms with E-state index in [0.29, 0.717) is 6.04 Å². The third-order valence-corrected chi connectivity index (χ3v) is 3.19. The molecule has 16 heavy (non-hydrogen) atoms. The molecule has 0 saturated heterocycles. The standard InChI is InChI=1S/C13H22N2O/c1-4-15(5-2)13(10-14)11-7-6-8-12(9-11)16-3/h6-9,13H,4-5,10,14H2,1-3H3/p+2/t13-/m1/s1. The summed E-state index contributed by atoms with van der Waals surface area (Å²) >= 11 is 0. The maximum absolute atomic E-state index is 5.27. The maximum atomic E-state index is 5.27. The second-order valence-corrected chi connectivity index (χ2v) is 3.98. The van der Waals surface area contributed by atoms with Crippen LogP contribution in [0.3, 0.4) is 0 Å². The zero-order chi connectivity index (χ0) is 12.0. The normalized spacial score (nSPS) is 12.8. The minimum atomic E-state index is 0.477. The lowest BCUT2D eigenvalue weighted by molar-refractivity contribution is -0.934. The van der Waals surface area contributed by atoms with E-state index in [9.17, 15) is 0 Å². The van der Waals surface area contributed by atoms with Crippen LogP contribution < -0.4 is 15.4 Å². The van der Waals surface area contributed by atoms with Crippen molar-refractivity contribution in [2.45, 2.75) is 19.9 Å². The topological polar surface area (TPSA) is 41.3 Å². The highest BCUT2D eigenvalue weighted by molar-refractivity contribution is 5.29. The number of nitrogens with one attached hydrogen (secondary N) is 1. The Hall–Kier alpha value is -1.06. The van der Waals surface area contributed by atoms with Crippen molar-refractivity contribution in [2.24, 2.45) is 0 Å². The smallest absolute Gasteiger partial charge is 0.163 e. The minimum Gasteiger partial charge on any atom is -0.497 e. The first-order chi connectivity index (χ1) is 7.76. The summed E-state index contributed by atoms with van der Waals surface area (Å²) < 4.78 is 5.27. The monoisotopic (exact) mass is 224 g/mol. The van der Waals surface area contributed by atoms with Gasteiger partial charge in [-0.2, -0.15) is 0 Å². The van der Waals surface area contributed by atoms with Crippen LogP contribution in [-0.4, -0.2) is 26.7 Å². The molecule has 0 aliphatic rings. The fourth-order valence-electron chi connectivity index (χ4n) is 2.21. The van der Waals surface area contributed by atoms with Crippen LogP contribution in [0.2, 0.25) is 0 Å². The SMILES string of the molecule is CC[NH+](CC)[C@H](C[NH3+])c1cccc(OC)c1. The van der Waals surface area contributed by atoms with Crippen molar-refractivity contribution in [2.75, 3.05) is 26.7 Å². The van der Waals surface area contributed by atoms with Crippen LogP contribution in [0, 0.1) is 0 Å². The van der Waals surface area contributed by atoms with E-state index in [-0.39, 0.29) is 0 Å². The Labute approximate surface area is 98.2 Å². The van der Waals surface area contributed by atoms with Crippen molar-refractivity contribution in [1.29, 1.82) is 0 Å². The number of methoxy groups -OCH3 is 1. The summed E-state index contributed by atoms with van der Waals surface area (Å²) in [6.07, 6.45) is 0. The lowest BCUT2D eigenvalue weighted by atomic mass is 10.0. The predicted octanol–water partition coefficient (Wildman–Crippen LogP) is -0.0971. The summed E-state index contributed by atoms with van der Waals surface area (Å²) in [5, 5.41) is 0. The Balaban J connectivity index is 2.93. The van der Waals surface area contributed by atoms with Crippen LogP contribution in [0.15, 0.2) is 24.3 Å². The molecule has 90 valence electrons. The van der Waals surface area contributed by atoms with Crippen molar-refractivity contribution in [3.8, 4) is 5.75 Å². The molecule has 0 saturated carbocycles. The molecule has 4 N–H and O–H groups in total. The second kappa shape index (κ2) is 6.51. The van der Waals surface area contributed by atoms with Gasteiger partial charge in [0.05, 0.1) is 20.2 Å². The molecule has 1 atom stereocenters. The lowest BCUT2D eigenvalue weighted by Crippen LogP contribution is -3.13. The lowest BCUT2D eigenvalue weighted by Gasteiger charge is -2.24. The largest absolute Gasteiger partial charge is 0.497 e. The molecule has 0 unspecified atom stereocenters. The van der Waals surface area contributed by atoms with Crippen LogP contribution >= 0.6 is 0 Å². The van der Waals surface area contributed by atoms with E-state index in [1.54, 1.807) is 12.0 Å². The molecule has 3 nitrogen and oxygen atoms in total. The first-order valence-electron chi connectivity index (χ1n) is 6.04. The molecule has 3 heteroatoms. The van der Waals surface area contributed by atoms with Crippen molar-refractivity contribution in [3.05, 3.63) is 29.8 Å². The van der Waals surface area contributed by atoms with E-state index in [0.717, 1.165) is 25.4 Å². The maximum Gasteiger partial charge on any atom is 0.163 e. The van der Waals surface area contributed by atoms with Crippen LogP contribution in [0.5, 0.6) is 5.75 Å². The van der Waals surface area contributed by atoms with Gasteiger partial charge in [-0.15, -0.1) is 0 Å². The summed E-state index contributed by atoms with van der Waals surface area (Å²) in [4.78, 5) is 1.57. The van der Waals surface area contributed by atoms with Gasteiger partial charge in [0.25, 0.3) is 0 Å². The van der Waals surface area contributed by atoms with E-state index in [4.69, 9.17) is 4.74 Å². The molecule has 1 aromatic rings. The van der Waals surface area contributed by atoms with Gasteiger partial charge in [-0.25, -0.2) is 0 Å². The van der Waals surface area contributed by atoms with Crippen molar-refractivity contribution in [1.82, 2.24) is 0 Å². The fraction of sp³-hybridized carbons (Fsp3) is 0.538. The number of benzene rings is 1. The molecule has 0 aliphatic heterocycles. The van der Waals surface area contributed by atoms with E-state index in [2.05, 4.69) is 37.8 Å². The zero-order valence-electron chi connectivity index (χ0n) is 10.6. The van der Waals surface area contributed by atoms with Crippen LogP contribution in [-0.2, 0) is 0 Å². The third-order valence-electron chi connectivity index (χ3n) is 3.19. The Bertz CT molecular complexity index is 311. The van der Waals surface area contributed by atoms with Crippen molar-refractivity contribution in [3.63, 3.8) is 0 Å². The Morgan fingerprint density at radius 2 is 2.00 bits per heavy atom. The Kier molecular flexibility index (Phi) is 5.29. The van der Waals surface area contributed by atoms with Gasteiger partial charge < -0.3 is 15.4 Å². The molecule has 0 aliphatic carbocycles. The molecule has 0 fully saturated rings. The summed E-state index contributed by atoms with van der Waals surface area (Å²) in [6.45, 7) is 7.63. The second-order valence-electron chi connectivity index (χ2n) is 3.98. The number of hydrogen-bond acceptors (Lipinski definition) is 1. The first-order valence-corrected chi connectivity index (χ1v) is 6.04. The number of hydrogen-bond donors (Lipinski definition) is 2. The van der Waals surface area contributed by atoms with Crippen molar-refractivity contribution < 1.29 is 15.4 Å². The van der Waals surface area contributed by atoms with Gasteiger partial charge in [0.2, 0.25) is 0 Å². The average Bonchev–Trinajstić information content (AvgIpc) is 2.35. The molecule has 1 aromatic carbocycles. The summed E-state index contributed by atoms with van der Waals surface area (Å²) in [7, 11) is 1.71. The number of likely N-dealkylation sites (N-methyl/N-ethyl adjacent to an activating group) is 1. The molecule has 1 rings (SSSR count). The zero-order valence-corrected chi connectivity index (χ0v) is 10.6. The Morgan fingerprint density at radius 1 is 1.31 bits per heavy atom. The van der Waals surface area contributed by atoms with E-state index >= 15 is 0 Å². The van der Waals surface area contributed by atoms with E-state index in [1.165, 1.54) is 5.56 Å². The molecule has 0 spiro atoms. The number of quaternary nitrogens is 2. The van der Waals surface area contributed by atoms with Gasteiger partial charge in [0.1, 0.15) is 12.3 Å². The molecular weight excluding hydrogens is 200 g/mol. The minimum absolute atomic E-state index is 0.477. The molecular formula is C13H24N2O+2. The highest BCUT2D eigenvalue weighted by atomic mass is 16.5. The molecule has 0 aromatic heterocycles. The van der Waals surface area contributed by atoms with Gasteiger partial charge >= 0.3 is 0 Å². The van der Waals surface area contributed by atoms with E-state index in [1.807, 2.05) is 6.07 Å². The average molecular weight is 224 g/mol. The van der Waals surface area contributed by atoms with Gasteiger partial charge in [0, 0.05) is 5.56 Å². The number of rotatable bonds is 6. The molecule has 0 bridgehead atoms. The molecule has 0 radical (unpaired) electrons. The highest BCUT2D eigenvalue weighted by Crippen LogP contribution is 2.16. The fourth-order valence-corrected chi connectivity index (χ4v) is 2.21. The predicted molar refractivity (Wildman–Crippen MR) is 65.5 cm³/mol. The van der Waals surface area contributed by atoms with Gasteiger partial charge in [0.15, 0.2) is 6.04 Å². The van der Waals surface area contributed by atoms with Gasteiger partial charge in [-0.3, -0.25) is 0 Å². The van der Waals surface area contributed by atoms with E-state index < -0.39 is 0 Å². The van der Waals surface area contributed by atoms with Crippen LogP contribution in [0.1, 0.15) is 25.5 Å². The number of ether oxygens (including phenoxy) is 1. The first kappa shape index (κ1) is 13.0. The summed E-state index contributed by atoms with van der Waals surface area (Å²) in [5.74, 6) is 0.933. The quantitative estimate of drug-likeness (QED) is 0.696. The Morgan fingerprint density at radius 3 is 2.50 bits per heavy atom.